The van der Waals surface area contributed by atoms with Gasteiger partial charge in [-0.2, -0.15) is 0 Å². The molecule has 1 heterocycles. The Morgan fingerprint density at radius 2 is 1.89 bits per heavy atom. The maximum Gasteiger partial charge on any atom is 0.309 e. The molecule has 0 radical (unpaired) electrons. The van der Waals surface area contributed by atoms with E-state index in [1.165, 1.54) is 5.56 Å². The fraction of sp³-hybridized carbons (Fsp3) is 0.533. The number of likely N-dealkylation sites (tertiary alicyclic amines) is 1. The number of hydrogen-bond donors (Lipinski definition) is 2. The van der Waals surface area contributed by atoms with Crippen molar-refractivity contribution in [2.75, 3.05) is 19.6 Å². The molecule has 4 nitrogen and oxygen atoms in total. The van der Waals surface area contributed by atoms with Crippen LogP contribution in [0.2, 0.25) is 0 Å². The Morgan fingerprint density at radius 3 is 2.42 bits per heavy atom. The molecule has 2 rings (SSSR count). The van der Waals surface area contributed by atoms with Crippen molar-refractivity contribution in [3.05, 3.63) is 35.9 Å². The standard InChI is InChI=1S/C15H22N2O2/c16-9-6-15(14(18)19)7-10-17(11-8-15)12-13-4-2-1-3-5-13/h1-5H,6-12,16H2,(H,18,19). The smallest absolute Gasteiger partial charge is 0.309 e. The van der Waals surface area contributed by atoms with Gasteiger partial charge in [0.15, 0.2) is 0 Å². The Kier molecular flexibility index (Phi) is 4.56. The molecular formula is C15H22N2O2. The van der Waals surface area contributed by atoms with Crippen LogP contribution in [-0.4, -0.2) is 35.6 Å². The number of carbonyl (C=O) groups is 1. The first-order valence-corrected chi connectivity index (χ1v) is 6.86. The Morgan fingerprint density at radius 1 is 1.26 bits per heavy atom. The van der Waals surface area contributed by atoms with Crippen LogP contribution in [0.5, 0.6) is 0 Å². The number of piperidine rings is 1. The van der Waals surface area contributed by atoms with E-state index in [1.54, 1.807) is 0 Å². The zero-order chi connectivity index (χ0) is 13.7. The largest absolute Gasteiger partial charge is 0.481 e. The molecule has 0 spiro atoms. The van der Waals surface area contributed by atoms with Gasteiger partial charge in [0.2, 0.25) is 0 Å². The minimum absolute atomic E-state index is 0.449. The summed E-state index contributed by atoms with van der Waals surface area (Å²) < 4.78 is 0. The van der Waals surface area contributed by atoms with Gasteiger partial charge in [0.25, 0.3) is 0 Å². The van der Waals surface area contributed by atoms with Crippen LogP contribution in [0, 0.1) is 5.41 Å². The van der Waals surface area contributed by atoms with Crippen molar-refractivity contribution < 1.29 is 9.90 Å². The van der Waals surface area contributed by atoms with E-state index in [-0.39, 0.29) is 0 Å². The third kappa shape index (κ3) is 3.33. The number of nitrogens with zero attached hydrogens (tertiary/aromatic N) is 1. The van der Waals surface area contributed by atoms with Crippen LogP contribution in [0.3, 0.4) is 0 Å². The van der Waals surface area contributed by atoms with Crippen LogP contribution >= 0.6 is 0 Å². The normalized spacial score (nSPS) is 19.2. The highest BCUT2D eigenvalue weighted by Gasteiger charge is 2.40. The summed E-state index contributed by atoms with van der Waals surface area (Å²) in [5.74, 6) is -0.683. The Balaban J connectivity index is 1.93. The molecule has 4 heteroatoms. The van der Waals surface area contributed by atoms with E-state index in [9.17, 15) is 9.90 Å². The molecule has 3 N–H and O–H groups in total. The lowest BCUT2D eigenvalue weighted by Crippen LogP contribution is -2.45. The number of hydrogen-bond acceptors (Lipinski definition) is 3. The molecule has 19 heavy (non-hydrogen) atoms. The van der Waals surface area contributed by atoms with Crippen LogP contribution in [0.4, 0.5) is 0 Å². The van der Waals surface area contributed by atoms with E-state index in [4.69, 9.17) is 5.73 Å². The van der Waals surface area contributed by atoms with E-state index in [0.717, 1.165) is 19.6 Å². The molecule has 0 unspecified atom stereocenters. The quantitative estimate of drug-likeness (QED) is 0.847. The Labute approximate surface area is 114 Å². The Hall–Kier alpha value is -1.39. The van der Waals surface area contributed by atoms with Crippen LogP contribution in [0.15, 0.2) is 30.3 Å². The predicted octanol–water partition coefficient (Wildman–Crippen LogP) is 1.70. The van der Waals surface area contributed by atoms with Crippen molar-refractivity contribution in [2.24, 2.45) is 11.1 Å². The van der Waals surface area contributed by atoms with E-state index in [1.807, 2.05) is 18.2 Å². The molecule has 1 aliphatic rings. The van der Waals surface area contributed by atoms with Crippen molar-refractivity contribution in [1.29, 1.82) is 0 Å². The predicted molar refractivity (Wildman–Crippen MR) is 74.7 cm³/mol. The summed E-state index contributed by atoms with van der Waals surface area (Å²) in [4.78, 5) is 13.8. The molecule has 1 saturated heterocycles. The van der Waals surface area contributed by atoms with Gasteiger partial charge >= 0.3 is 5.97 Å². The SMILES string of the molecule is NCCC1(C(=O)O)CCN(Cc2ccccc2)CC1. The van der Waals surface area contributed by atoms with Crippen molar-refractivity contribution in [2.45, 2.75) is 25.8 Å². The number of benzene rings is 1. The van der Waals surface area contributed by atoms with E-state index in [0.29, 0.717) is 25.8 Å². The molecule has 0 atom stereocenters. The molecule has 1 aliphatic heterocycles. The summed E-state index contributed by atoms with van der Waals surface area (Å²) in [6, 6.07) is 10.3. The van der Waals surface area contributed by atoms with Crippen LogP contribution in [0.1, 0.15) is 24.8 Å². The van der Waals surface area contributed by atoms with Gasteiger partial charge in [-0.15, -0.1) is 0 Å². The summed E-state index contributed by atoms with van der Waals surface area (Å²) in [7, 11) is 0. The minimum Gasteiger partial charge on any atom is -0.481 e. The summed E-state index contributed by atoms with van der Waals surface area (Å²) in [5, 5.41) is 9.42. The second-order valence-corrected chi connectivity index (χ2v) is 5.39. The minimum atomic E-state index is -0.683. The molecule has 0 saturated carbocycles. The molecule has 0 amide bonds. The van der Waals surface area contributed by atoms with E-state index < -0.39 is 11.4 Å². The van der Waals surface area contributed by atoms with Gasteiger partial charge in [0, 0.05) is 6.54 Å². The maximum absolute atomic E-state index is 11.5. The highest BCUT2D eigenvalue weighted by Crippen LogP contribution is 2.35. The number of rotatable bonds is 5. The third-order valence-electron chi connectivity index (χ3n) is 4.14. The van der Waals surface area contributed by atoms with Gasteiger partial charge in [-0.25, -0.2) is 0 Å². The van der Waals surface area contributed by atoms with Crippen molar-refractivity contribution in [3.8, 4) is 0 Å². The summed E-state index contributed by atoms with van der Waals surface area (Å²) >= 11 is 0. The van der Waals surface area contributed by atoms with Crippen molar-refractivity contribution in [3.63, 3.8) is 0 Å². The van der Waals surface area contributed by atoms with Crippen molar-refractivity contribution >= 4 is 5.97 Å². The Bertz CT molecular complexity index is 411. The van der Waals surface area contributed by atoms with Gasteiger partial charge in [-0.05, 0) is 44.5 Å². The fourth-order valence-corrected chi connectivity index (χ4v) is 2.83. The van der Waals surface area contributed by atoms with E-state index >= 15 is 0 Å². The molecular weight excluding hydrogens is 240 g/mol. The second-order valence-electron chi connectivity index (χ2n) is 5.39. The fourth-order valence-electron chi connectivity index (χ4n) is 2.83. The average Bonchev–Trinajstić information content (AvgIpc) is 2.42. The first kappa shape index (κ1) is 14.0. The number of carboxylic acids is 1. The van der Waals surface area contributed by atoms with Crippen molar-refractivity contribution in [1.82, 2.24) is 4.90 Å². The van der Waals surface area contributed by atoms with Crippen LogP contribution in [-0.2, 0) is 11.3 Å². The summed E-state index contributed by atoms with van der Waals surface area (Å²) in [5.41, 5.74) is 6.25. The maximum atomic E-state index is 11.5. The highest BCUT2D eigenvalue weighted by atomic mass is 16.4. The monoisotopic (exact) mass is 262 g/mol. The number of carboxylic acid groups (broad SMARTS) is 1. The number of aliphatic carboxylic acids is 1. The topological polar surface area (TPSA) is 66.6 Å². The van der Waals surface area contributed by atoms with Gasteiger partial charge in [-0.3, -0.25) is 9.69 Å². The lowest BCUT2D eigenvalue weighted by Gasteiger charge is -2.38. The summed E-state index contributed by atoms with van der Waals surface area (Å²) in [6.45, 7) is 3.02. The molecule has 0 bridgehead atoms. The van der Waals surface area contributed by atoms with Crippen LogP contribution in [0.25, 0.3) is 0 Å². The summed E-state index contributed by atoms with van der Waals surface area (Å²) in [6.07, 6.45) is 1.99. The van der Waals surface area contributed by atoms with Gasteiger partial charge < -0.3 is 10.8 Å². The van der Waals surface area contributed by atoms with Gasteiger partial charge in [0.05, 0.1) is 5.41 Å². The highest BCUT2D eigenvalue weighted by molar-refractivity contribution is 5.74. The zero-order valence-corrected chi connectivity index (χ0v) is 11.2. The number of nitrogens with two attached hydrogens (primary N) is 1. The zero-order valence-electron chi connectivity index (χ0n) is 11.2. The molecule has 0 aromatic heterocycles. The third-order valence-corrected chi connectivity index (χ3v) is 4.14. The molecule has 1 fully saturated rings. The molecule has 0 aliphatic carbocycles. The second kappa shape index (κ2) is 6.17. The first-order chi connectivity index (χ1) is 9.16. The molecule has 104 valence electrons. The van der Waals surface area contributed by atoms with Crippen LogP contribution < -0.4 is 5.73 Å². The first-order valence-electron chi connectivity index (χ1n) is 6.86. The molecule has 1 aromatic rings. The van der Waals surface area contributed by atoms with Gasteiger partial charge in [0.1, 0.15) is 0 Å². The van der Waals surface area contributed by atoms with Gasteiger partial charge in [-0.1, -0.05) is 30.3 Å². The lowest BCUT2D eigenvalue weighted by molar-refractivity contribution is -0.152. The average molecular weight is 262 g/mol. The lowest BCUT2D eigenvalue weighted by atomic mass is 9.75. The van der Waals surface area contributed by atoms with E-state index in [2.05, 4.69) is 17.0 Å². The molecule has 1 aromatic carbocycles.